The molecule has 5 nitrogen and oxygen atoms in total. The molecule has 0 radical (unpaired) electrons. The summed E-state index contributed by atoms with van der Waals surface area (Å²) in [6.45, 7) is 3.83. The molecule has 1 aliphatic rings. The Hall–Kier alpha value is -0.650. The van der Waals surface area contributed by atoms with Crippen LogP contribution in [0.25, 0.3) is 0 Å². The molecule has 0 bridgehead atoms. The molecule has 0 saturated carbocycles. The summed E-state index contributed by atoms with van der Waals surface area (Å²) in [7, 11) is 0. The molecule has 2 atom stereocenters. The highest BCUT2D eigenvalue weighted by atomic mass is 16.6. The van der Waals surface area contributed by atoms with Crippen molar-refractivity contribution >= 4 is 5.91 Å². The molecule has 0 aromatic carbocycles. The highest BCUT2D eigenvalue weighted by molar-refractivity contribution is 5.81. The number of hydrogen-bond acceptors (Lipinski definition) is 4. The zero-order chi connectivity index (χ0) is 10.4. The first-order valence-electron chi connectivity index (χ1n) is 4.97. The minimum atomic E-state index is -0.468. The first-order chi connectivity index (χ1) is 6.77. The zero-order valence-corrected chi connectivity index (χ0v) is 8.49. The number of carbonyl (C=O) groups excluding carboxylic acids is 1. The fourth-order valence-electron chi connectivity index (χ4n) is 1.26. The molecular weight excluding hydrogens is 184 g/mol. The number of hydrogen-bond donors (Lipinski definition) is 2. The Labute approximate surface area is 83.9 Å². The maximum Gasteiger partial charge on any atom is 0.251 e. The van der Waals surface area contributed by atoms with Crippen molar-refractivity contribution in [1.29, 1.82) is 0 Å². The van der Waals surface area contributed by atoms with E-state index in [0.717, 1.165) is 6.42 Å². The lowest BCUT2D eigenvalue weighted by Crippen LogP contribution is -2.48. The van der Waals surface area contributed by atoms with Crippen molar-refractivity contribution in [1.82, 2.24) is 5.32 Å². The third-order valence-corrected chi connectivity index (χ3v) is 2.23. The normalized spacial score (nSPS) is 24.3. The number of rotatable bonds is 4. The van der Waals surface area contributed by atoms with E-state index >= 15 is 0 Å². The van der Waals surface area contributed by atoms with Crippen LogP contribution in [0.1, 0.15) is 13.3 Å². The molecule has 1 amide bonds. The van der Waals surface area contributed by atoms with Gasteiger partial charge in [-0.1, -0.05) is 6.92 Å². The van der Waals surface area contributed by atoms with Gasteiger partial charge in [-0.05, 0) is 6.42 Å². The van der Waals surface area contributed by atoms with Crippen LogP contribution in [0.2, 0.25) is 0 Å². The molecule has 82 valence electrons. The molecule has 0 aromatic rings. The summed E-state index contributed by atoms with van der Waals surface area (Å²) in [4.78, 5) is 11.6. The second kappa shape index (κ2) is 5.95. The topological polar surface area (TPSA) is 73.6 Å². The second-order valence-electron chi connectivity index (χ2n) is 3.28. The summed E-state index contributed by atoms with van der Waals surface area (Å²) in [6, 6.07) is 0.0352. The van der Waals surface area contributed by atoms with Gasteiger partial charge in [0.2, 0.25) is 0 Å². The van der Waals surface area contributed by atoms with Gasteiger partial charge in [0.05, 0.1) is 19.8 Å². The van der Waals surface area contributed by atoms with Crippen molar-refractivity contribution < 1.29 is 14.3 Å². The van der Waals surface area contributed by atoms with E-state index in [-0.39, 0.29) is 11.9 Å². The lowest BCUT2D eigenvalue weighted by molar-refractivity contribution is -0.148. The van der Waals surface area contributed by atoms with E-state index in [9.17, 15) is 4.79 Å². The van der Waals surface area contributed by atoms with Crippen LogP contribution >= 0.6 is 0 Å². The van der Waals surface area contributed by atoms with Crippen molar-refractivity contribution in [2.24, 2.45) is 5.73 Å². The van der Waals surface area contributed by atoms with Gasteiger partial charge in [0.15, 0.2) is 6.10 Å². The molecule has 1 fully saturated rings. The average Bonchev–Trinajstić information content (AvgIpc) is 2.26. The summed E-state index contributed by atoms with van der Waals surface area (Å²) in [5.41, 5.74) is 5.47. The number of nitrogens with two attached hydrogens (primary N) is 1. The van der Waals surface area contributed by atoms with Crippen LogP contribution in [0.15, 0.2) is 0 Å². The SMILES string of the molecule is CCC(CN)NC(=O)C1COCCO1. The Morgan fingerprint density at radius 1 is 1.64 bits per heavy atom. The molecule has 1 heterocycles. The first kappa shape index (κ1) is 11.4. The fraction of sp³-hybridized carbons (Fsp3) is 0.889. The Bertz CT molecular complexity index is 177. The van der Waals surface area contributed by atoms with E-state index in [0.29, 0.717) is 26.4 Å². The summed E-state index contributed by atoms with van der Waals surface area (Å²) in [5.74, 6) is -0.123. The summed E-state index contributed by atoms with van der Waals surface area (Å²) >= 11 is 0. The maximum absolute atomic E-state index is 11.6. The molecule has 14 heavy (non-hydrogen) atoms. The highest BCUT2D eigenvalue weighted by Gasteiger charge is 2.23. The smallest absolute Gasteiger partial charge is 0.251 e. The maximum atomic E-state index is 11.6. The summed E-state index contributed by atoms with van der Waals surface area (Å²) < 4.78 is 10.4. The molecule has 5 heteroatoms. The van der Waals surface area contributed by atoms with E-state index in [4.69, 9.17) is 15.2 Å². The van der Waals surface area contributed by atoms with Crippen molar-refractivity contribution in [3.05, 3.63) is 0 Å². The van der Waals surface area contributed by atoms with Crippen LogP contribution in [-0.4, -0.2) is 44.4 Å². The predicted octanol–water partition coefficient (Wildman–Crippen LogP) is -0.745. The van der Waals surface area contributed by atoms with E-state index in [2.05, 4.69) is 5.32 Å². The Morgan fingerprint density at radius 2 is 2.43 bits per heavy atom. The first-order valence-corrected chi connectivity index (χ1v) is 4.97. The minimum Gasteiger partial charge on any atom is -0.376 e. The van der Waals surface area contributed by atoms with Crippen LogP contribution in [0.3, 0.4) is 0 Å². The van der Waals surface area contributed by atoms with Gasteiger partial charge in [0, 0.05) is 12.6 Å². The largest absolute Gasteiger partial charge is 0.376 e. The third-order valence-electron chi connectivity index (χ3n) is 2.23. The van der Waals surface area contributed by atoms with Crippen LogP contribution in [0.4, 0.5) is 0 Å². The van der Waals surface area contributed by atoms with Crippen molar-refractivity contribution in [2.45, 2.75) is 25.5 Å². The Kier molecular flexibility index (Phi) is 4.86. The Balaban J connectivity index is 2.32. The molecule has 1 aliphatic heterocycles. The number of nitrogens with one attached hydrogen (secondary N) is 1. The van der Waals surface area contributed by atoms with Crippen LogP contribution < -0.4 is 11.1 Å². The van der Waals surface area contributed by atoms with E-state index in [1.807, 2.05) is 6.92 Å². The molecule has 0 spiro atoms. The van der Waals surface area contributed by atoms with Crippen molar-refractivity contribution in [3.63, 3.8) is 0 Å². The van der Waals surface area contributed by atoms with Gasteiger partial charge >= 0.3 is 0 Å². The van der Waals surface area contributed by atoms with Gasteiger partial charge < -0.3 is 20.5 Å². The predicted molar refractivity (Wildman–Crippen MR) is 51.8 cm³/mol. The zero-order valence-electron chi connectivity index (χ0n) is 8.49. The van der Waals surface area contributed by atoms with E-state index in [1.54, 1.807) is 0 Å². The van der Waals surface area contributed by atoms with Crippen LogP contribution in [-0.2, 0) is 14.3 Å². The van der Waals surface area contributed by atoms with E-state index < -0.39 is 6.10 Å². The third kappa shape index (κ3) is 3.25. The molecular formula is C9H18N2O3. The molecule has 1 saturated heterocycles. The Morgan fingerprint density at radius 3 is 2.93 bits per heavy atom. The van der Waals surface area contributed by atoms with Gasteiger partial charge in [-0.25, -0.2) is 0 Å². The van der Waals surface area contributed by atoms with Crippen LogP contribution in [0, 0.1) is 0 Å². The molecule has 3 N–H and O–H groups in total. The van der Waals surface area contributed by atoms with Crippen molar-refractivity contribution in [2.75, 3.05) is 26.4 Å². The summed E-state index contributed by atoms with van der Waals surface area (Å²) in [6.07, 6.45) is 0.361. The second-order valence-corrected chi connectivity index (χ2v) is 3.28. The highest BCUT2D eigenvalue weighted by Crippen LogP contribution is 2.01. The monoisotopic (exact) mass is 202 g/mol. The van der Waals surface area contributed by atoms with Gasteiger partial charge in [-0.15, -0.1) is 0 Å². The van der Waals surface area contributed by atoms with Gasteiger partial charge in [-0.3, -0.25) is 4.79 Å². The lowest BCUT2D eigenvalue weighted by atomic mass is 10.2. The lowest BCUT2D eigenvalue weighted by Gasteiger charge is -2.24. The number of ether oxygens (including phenoxy) is 2. The van der Waals surface area contributed by atoms with Gasteiger partial charge in [-0.2, -0.15) is 0 Å². The minimum absolute atomic E-state index is 0.0352. The molecule has 1 rings (SSSR count). The quantitative estimate of drug-likeness (QED) is 0.629. The fourth-order valence-corrected chi connectivity index (χ4v) is 1.26. The molecule has 0 aromatic heterocycles. The average molecular weight is 202 g/mol. The van der Waals surface area contributed by atoms with Crippen molar-refractivity contribution in [3.8, 4) is 0 Å². The standard InChI is InChI=1S/C9H18N2O3/c1-2-7(5-10)11-9(12)8-6-13-3-4-14-8/h7-8H,2-6,10H2,1H3,(H,11,12). The summed E-state index contributed by atoms with van der Waals surface area (Å²) in [5, 5.41) is 2.82. The molecule has 0 aliphatic carbocycles. The van der Waals surface area contributed by atoms with Gasteiger partial charge in [0.1, 0.15) is 0 Å². The number of carbonyl (C=O) groups is 1. The van der Waals surface area contributed by atoms with E-state index in [1.165, 1.54) is 0 Å². The molecule has 2 unspecified atom stereocenters. The number of amides is 1. The van der Waals surface area contributed by atoms with Gasteiger partial charge in [0.25, 0.3) is 5.91 Å². The van der Waals surface area contributed by atoms with Crippen LogP contribution in [0.5, 0.6) is 0 Å².